The van der Waals surface area contributed by atoms with Crippen LogP contribution in [0.1, 0.15) is 19.3 Å². The highest BCUT2D eigenvalue weighted by atomic mass is 32.2. The second-order valence-electron chi connectivity index (χ2n) is 4.17. The normalized spacial score (nSPS) is 26.9. The minimum absolute atomic E-state index is 0.211. The van der Waals surface area contributed by atoms with Crippen molar-refractivity contribution in [2.45, 2.75) is 35.4 Å². The van der Waals surface area contributed by atoms with Gasteiger partial charge in [-0.25, -0.2) is 4.39 Å². The van der Waals surface area contributed by atoms with E-state index in [1.165, 1.54) is 12.1 Å². The molecule has 0 spiro atoms. The van der Waals surface area contributed by atoms with Gasteiger partial charge in [0.1, 0.15) is 11.1 Å². The Labute approximate surface area is 98.4 Å². The Kier molecular flexibility index (Phi) is 3.84. The van der Waals surface area contributed by atoms with Crippen molar-refractivity contribution in [3.63, 3.8) is 0 Å². The van der Waals surface area contributed by atoms with E-state index in [-0.39, 0.29) is 11.1 Å². The van der Waals surface area contributed by atoms with Crippen LogP contribution in [-0.2, 0) is 11.2 Å². The summed E-state index contributed by atoms with van der Waals surface area (Å²) in [7, 11) is 1.94. The fraction of sp³-hybridized carbons (Fsp3) is 0.500. The van der Waals surface area contributed by atoms with E-state index in [0.717, 1.165) is 24.2 Å². The van der Waals surface area contributed by atoms with Gasteiger partial charge >= 0.3 is 0 Å². The smallest absolute Gasteiger partial charge is 0.153 e. The summed E-state index contributed by atoms with van der Waals surface area (Å²) in [6.07, 6.45) is 3.00. The molecule has 0 bridgehead atoms. The molecule has 0 radical (unpaired) electrons. The molecule has 0 amide bonds. The number of nitrogens with one attached hydrogen (secondary N) is 1. The van der Waals surface area contributed by atoms with E-state index in [1.54, 1.807) is 12.1 Å². The second-order valence-corrected chi connectivity index (χ2v) is 5.90. The summed E-state index contributed by atoms with van der Waals surface area (Å²) < 4.78 is 24.9. The Morgan fingerprint density at radius 1 is 1.31 bits per heavy atom. The average Bonchev–Trinajstić information content (AvgIpc) is 2.77. The predicted molar refractivity (Wildman–Crippen MR) is 63.3 cm³/mol. The van der Waals surface area contributed by atoms with E-state index < -0.39 is 11.2 Å². The molecular formula is C12H16FNOS. The standard InChI is InChI=1S/C12H16FNOS/c1-14-10-4-7-12(8-10)16(15)11-5-2-9(13)3-6-11/h2-3,5-6,10,12,14H,4,7-8H2,1H3. The maximum atomic E-state index is 12.7. The molecule has 4 heteroatoms. The third kappa shape index (κ3) is 2.56. The van der Waals surface area contributed by atoms with Crippen LogP contribution in [0.5, 0.6) is 0 Å². The fourth-order valence-electron chi connectivity index (χ4n) is 2.16. The molecule has 16 heavy (non-hydrogen) atoms. The summed E-state index contributed by atoms with van der Waals surface area (Å²) in [6.45, 7) is 0. The first-order chi connectivity index (χ1) is 7.70. The number of hydrogen-bond donors (Lipinski definition) is 1. The van der Waals surface area contributed by atoms with Crippen LogP contribution in [0.2, 0.25) is 0 Å². The van der Waals surface area contributed by atoms with Gasteiger partial charge in [0, 0.05) is 12.5 Å². The molecule has 1 N–H and O–H groups in total. The predicted octanol–water partition coefficient (Wildman–Crippen LogP) is 2.07. The Balaban J connectivity index is 2.02. The Bertz CT molecular complexity index is 343. The maximum Gasteiger partial charge on any atom is 0.153 e. The van der Waals surface area contributed by atoms with E-state index in [1.807, 2.05) is 7.05 Å². The zero-order chi connectivity index (χ0) is 11.5. The number of hydrogen-bond acceptors (Lipinski definition) is 2. The topological polar surface area (TPSA) is 35.1 Å². The molecule has 1 saturated carbocycles. The highest BCUT2D eigenvalue weighted by Crippen LogP contribution is 2.29. The molecule has 1 aromatic carbocycles. The average molecular weight is 241 g/mol. The second kappa shape index (κ2) is 5.17. The summed E-state index contributed by atoms with van der Waals surface area (Å²) >= 11 is -0.996. The van der Waals surface area contributed by atoms with Gasteiger partial charge in [-0.2, -0.15) is 0 Å². The van der Waals surface area contributed by atoms with Crippen LogP contribution in [0.15, 0.2) is 29.2 Å². The third-order valence-electron chi connectivity index (χ3n) is 3.14. The SMILES string of the molecule is CNC1CCC([S+]([O-])c2ccc(F)cc2)C1. The number of rotatable bonds is 3. The van der Waals surface area contributed by atoms with Crippen molar-refractivity contribution in [2.24, 2.45) is 0 Å². The fourth-order valence-corrected chi connectivity index (χ4v) is 3.70. The van der Waals surface area contributed by atoms with Crippen LogP contribution in [0.25, 0.3) is 0 Å². The van der Waals surface area contributed by atoms with Gasteiger partial charge in [-0.15, -0.1) is 0 Å². The lowest BCUT2D eigenvalue weighted by molar-refractivity contribution is 0.563. The van der Waals surface area contributed by atoms with Gasteiger partial charge in [-0.3, -0.25) is 0 Å². The molecular weight excluding hydrogens is 225 g/mol. The van der Waals surface area contributed by atoms with E-state index in [2.05, 4.69) is 5.32 Å². The lowest BCUT2D eigenvalue weighted by Gasteiger charge is -2.17. The van der Waals surface area contributed by atoms with Gasteiger partial charge in [0.15, 0.2) is 4.90 Å². The first-order valence-electron chi connectivity index (χ1n) is 5.54. The van der Waals surface area contributed by atoms with Crippen LogP contribution in [0, 0.1) is 5.82 Å². The minimum atomic E-state index is -0.996. The van der Waals surface area contributed by atoms with Crippen LogP contribution in [0.4, 0.5) is 4.39 Å². The van der Waals surface area contributed by atoms with Crippen molar-refractivity contribution in [1.82, 2.24) is 5.32 Å². The summed E-state index contributed by atoms with van der Waals surface area (Å²) in [6, 6.07) is 6.47. The summed E-state index contributed by atoms with van der Waals surface area (Å²) in [4.78, 5) is 0.739. The molecule has 0 aromatic heterocycles. The van der Waals surface area contributed by atoms with Gasteiger partial charge in [-0.1, -0.05) is 0 Å². The van der Waals surface area contributed by atoms with Crippen LogP contribution in [-0.4, -0.2) is 22.9 Å². The molecule has 88 valence electrons. The Morgan fingerprint density at radius 2 is 2.00 bits per heavy atom. The first kappa shape index (κ1) is 11.9. The van der Waals surface area contributed by atoms with E-state index in [0.29, 0.717) is 6.04 Å². The van der Waals surface area contributed by atoms with Gasteiger partial charge in [0.05, 0.1) is 0 Å². The lowest BCUT2D eigenvalue weighted by Crippen LogP contribution is -2.25. The summed E-state index contributed by atoms with van der Waals surface area (Å²) in [5.41, 5.74) is 0. The van der Waals surface area contributed by atoms with Gasteiger partial charge in [0.2, 0.25) is 0 Å². The molecule has 2 rings (SSSR count). The largest absolute Gasteiger partial charge is 0.611 e. The lowest BCUT2D eigenvalue weighted by atomic mass is 10.3. The van der Waals surface area contributed by atoms with Crippen molar-refractivity contribution in [2.75, 3.05) is 7.05 Å². The van der Waals surface area contributed by atoms with Crippen molar-refractivity contribution in [3.8, 4) is 0 Å². The zero-order valence-electron chi connectivity index (χ0n) is 9.28. The van der Waals surface area contributed by atoms with Gasteiger partial charge < -0.3 is 9.87 Å². The molecule has 1 aliphatic carbocycles. The van der Waals surface area contributed by atoms with Crippen molar-refractivity contribution < 1.29 is 8.94 Å². The number of halogens is 1. The molecule has 3 atom stereocenters. The summed E-state index contributed by atoms with van der Waals surface area (Å²) in [5.74, 6) is -0.278. The van der Waals surface area contributed by atoms with Crippen molar-refractivity contribution in [1.29, 1.82) is 0 Å². The van der Waals surface area contributed by atoms with Crippen LogP contribution >= 0.6 is 0 Å². The van der Waals surface area contributed by atoms with E-state index >= 15 is 0 Å². The van der Waals surface area contributed by atoms with E-state index in [9.17, 15) is 8.94 Å². The molecule has 1 aliphatic rings. The summed E-state index contributed by atoms with van der Waals surface area (Å²) in [5, 5.41) is 3.43. The molecule has 1 fully saturated rings. The molecule has 2 nitrogen and oxygen atoms in total. The molecule has 0 saturated heterocycles. The Hall–Kier alpha value is -0.580. The maximum absolute atomic E-state index is 12.7. The van der Waals surface area contributed by atoms with Gasteiger partial charge in [-0.05, 0) is 55.3 Å². The van der Waals surface area contributed by atoms with E-state index in [4.69, 9.17) is 0 Å². The number of benzene rings is 1. The highest BCUT2D eigenvalue weighted by Gasteiger charge is 2.33. The molecule has 0 heterocycles. The van der Waals surface area contributed by atoms with Crippen molar-refractivity contribution in [3.05, 3.63) is 30.1 Å². The highest BCUT2D eigenvalue weighted by molar-refractivity contribution is 7.92. The minimum Gasteiger partial charge on any atom is -0.611 e. The van der Waals surface area contributed by atoms with Gasteiger partial charge in [0.25, 0.3) is 0 Å². The Morgan fingerprint density at radius 3 is 2.56 bits per heavy atom. The van der Waals surface area contributed by atoms with Crippen LogP contribution < -0.4 is 5.32 Å². The monoisotopic (exact) mass is 241 g/mol. The van der Waals surface area contributed by atoms with Crippen molar-refractivity contribution >= 4 is 11.2 Å². The molecule has 0 aliphatic heterocycles. The molecule has 1 aromatic rings. The zero-order valence-corrected chi connectivity index (χ0v) is 10.1. The first-order valence-corrected chi connectivity index (χ1v) is 6.75. The third-order valence-corrected chi connectivity index (χ3v) is 4.91. The molecule has 3 unspecified atom stereocenters. The van der Waals surface area contributed by atoms with Crippen LogP contribution in [0.3, 0.4) is 0 Å². The quantitative estimate of drug-likeness (QED) is 0.822.